The summed E-state index contributed by atoms with van der Waals surface area (Å²) in [5, 5.41) is 13.0. The van der Waals surface area contributed by atoms with Crippen LogP contribution in [0.25, 0.3) is 0 Å². The van der Waals surface area contributed by atoms with E-state index < -0.39 is 0 Å². The highest BCUT2D eigenvalue weighted by Crippen LogP contribution is 2.25. The van der Waals surface area contributed by atoms with Crippen molar-refractivity contribution in [1.82, 2.24) is 5.32 Å². The fourth-order valence-electron chi connectivity index (χ4n) is 2.70. The number of piperidine rings is 1. The van der Waals surface area contributed by atoms with Crippen molar-refractivity contribution < 1.29 is 5.11 Å². The molecule has 1 atom stereocenters. The molecule has 2 rings (SSSR count). The largest absolute Gasteiger partial charge is 0.394 e. The van der Waals surface area contributed by atoms with Crippen molar-refractivity contribution in [3.05, 3.63) is 29.8 Å². The standard InChI is InChI=1S/C17H28N2O/c1-17(2,3)18-12-14-7-9-15(10-8-14)19-11-5-4-6-16(19)13-20/h7-10,16,18,20H,4-6,11-13H2,1-3H3. The first-order valence-electron chi connectivity index (χ1n) is 7.71. The molecule has 0 saturated carbocycles. The first kappa shape index (κ1) is 15.3. The molecular formula is C17H28N2O. The first-order valence-corrected chi connectivity index (χ1v) is 7.71. The number of aliphatic hydroxyl groups excluding tert-OH is 1. The normalized spacial score (nSPS) is 20.2. The third-order valence-corrected chi connectivity index (χ3v) is 3.93. The second-order valence-electron chi connectivity index (χ2n) is 6.80. The number of hydrogen-bond donors (Lipinski definition) is 2. The number of anilines is 1. The maximum Gasteiger partial charge on any atom is 0.0635 e. The first-order chi connectivity index (χ1) is 9.49. The summed E-state index contributed by atoms with van der Waals surface area (Å²) in [6.07, 6.45) is 3.56. The summed E-state index contributed by atoms with van der Waals surface area (Å²) >= 11 is 0. The second-order valence-corrected chi connectivity index (χ2v) is 6.80. The Morgan fingerprint density at radius 3 is 2.50 bits per heavy atom. The molecule has 20 heavy (non-hydrogen) atoms. The van der Waals surface area contributed by atoms with E-state index in [4.69, 9.17) is 0 Å². The highest BCUT2D eigenvalue weighted by atomic mass is 16.3. The lowest BCUT2D eigenvalue weighted by Crippen LogP contribution is -2.41. The van der Waals surface area contributed by atoms with Gasteiger partial charge >= 0.3 is 0 Å². The molecule has 3 heteroatoms. The van der Waals surface area contributed by atoms with Crippen LogP contribution in [0.15, 0.2) is 24.3 Å². The smallest absolute Gasteiger partial charge is 0.0635 e. The minimum Gasteiger partial charge on any atom is -0.394 e. The molecule has 0 amide bonds. The summed E-state index contributed by atoms with van der Waals surface area (Å²) in [7, 11) is 0. The van der Waals surface area contributed by atoms with Gasteiger partial charge in [-0.2, -0.15) is 0 Å². The molecule has 1 aliphatic rings. The number of aliphatic hydroxyl groups is 1. The summed E-state index contributed by atoms with van der Waals surface area (Å²) in [5.74, 6) is 0. The summed E-state index contributed by atoms with van der Waals surface area (Å²) in [5.41, 5.74) is 2.69. The van der Waals surface area contributed by atoms with Crippen molar-refractivity contribution in [3.63, 3.8) is 0 Å². The van der Waals surface area contributed by atoms with Crippen molar-refractivity contribution in [2.75, 3.05) is 18.1 Å². The average Bonchev–Trinajstić information content (AvgIpc) is 2.45. The Bertz CT molecular complexity index is 408. The molecule has 1 heterocycles. The number of nitrogens with one attached hydrogen (secondary N) is 1. The summed E-state index contributed by atoms with van der Waals surface area (Å²) in [6, 6.07) is 9.05. The molecule has 1 fully saturated rings. The Kier molecular flexibility index (Phi) is 5.06. The van der Waals surface area contributed by atoms with Gasteiger partial charge in [0.2, 0.25) is 0 Å². The number of hydrogen-bond acceptors (Lipinski definition) is 3. The molecule has 1 saturated heterocycles. The van der Waals surface area contributed by atoms with Gasteiger partial charge < -0.3 is 15.3 Å². The highest BCUT2D eigenvalue weighted by molar-refractivity contribution is 5.49. The maximum absolute atomic E-state index is 9.50. The topological polar surface area (TPSA) is 35.5 Å². The Morgan fingerprint density at radius 2 is 1.90 bits per heavy atom. The van der Waals surface area contributed by atoms with E-state index in [0.29, 0.717) is 6.04 Å². The monoisotopic (exact) mass is 276 g/mol. The van der Waals surface area contributed by atoms with Crippen LogP contribution in [0.5, 0.6) is 0 Å². The SMILES string of the molecule is CC(C)(C)NCc1ccc(N2CCCCC2CO)cc1. The van der Waals surface area contributed by atoms with Crippen molar-refractivity contribution in [3.8, 4) is 0 Å². The second kappa shape index (κ2) is 6.59. The lowest BCUT2D eigenvalue weighted by molar-refractivity contribution is 0.240. The van der Waals surface area contributed by atoms with Gasteiger partial charge in [-0.05, 0) is 57.7 Å². The zero-order valence-electron chi connectivity index (χ0n) is 13.0. The van der Waals surface area contributed by atoms with E-state index in [0.717, 1.165) is 19.5 Å². The summed E-state index contributed by atoms with van der Waals surface area (Å²) in [4.78, 5) is 2.35. The predicted molar refractivity (Wildman–Crippen MR) is 85.1 cm³/mol. The summed E-state index contributed by atoms with van der Waals surface area (Å²) in [6.45, 7) is 8.76. The van der Waals surface area contributed by atoms with Crippen molar-refractivity contribution in [2.24, 2.45) is 0 Å². The highest BCUT2D eigenvalue weighted by Gasteiger charge is 2.21. The molecule has 1 aromatic rings. The van der Waals surface area contributed by atoms with Crippen LogP contribution in [0, 0.1) is 0 Å². The van der Waals surface area contributed by atoms with Crippen LogP contribution in [0.4, 0.5) is 5.69 Å². The fourth-order valence-corrected chi connectivity index (χ4v) is 2.70. The Morgan fingerprint density at radius 1 is 1.20 bits per heavy atom. The molecule has 1 unspecified atom stereocenters. The van der Waals surface area contributed by atoms with Gasteiger partial charge in [-0.15, -0.1) is 0 Å². The van der Waals surface area contributed by atoms with E-state index in [1.807, 2.05) is 0 Å². The van der Waals surface area contributed by atoms with Gasteiger partial charge in [-0.1, -0.05) is 12.1 Å². The molecule has 1 aromatic carbocycles. The van der Waals surface area contributed by atoms with E-state index in [9.17, 15) is 5.11 Å². The molecule has 0 aliphatic carbocycles. The Hall–Kier alpha value is -1.06. The van der Waals surface area contributed by atoms with Gasteiger partial charge in [0.15, 0.2) is 0 Å². The number of nitrogens with zero attached hydrogens (tertiary/aromatic N) is 1. The van der Waals surface area contributed by atoms with Crippen LogP contribution in [-0.2, 0) is 6.54 Å². The third-order valence-electron chi connectivity index (χ3n) is 3.93. The minimum atomic E-state index is 0.146. The van der Waals surface area contributed by atoms with Gasteiger partial charge in [-0.25, -0.2) is 0 Å². The molecule has 2 N–H and O–H groups in total. The summed E-state index contributed by atoms with van der Waals surface area (Å²) < 4.78 is 0. The van der Waals surface area contributed by atoms with Crippen LogP contribution >= 0.6 is 0 Å². The zero-order valence-corrected chi connectivity index (χ0v) is 13.0. The lowest BCUT2D eigenvalue weighted by atomic mass is 10.0. The third kappa shape index (κ3) is 4.22. The molecule has 0 spiro atoms. The quantitative estimate of drug-likeness (QED) is 0.887. The maximum atomic E-state index is 9.50. The van der Waals surface area contributed by atoms with Gasteiger partial charge in [0, 0.05) is 24.3 Å². The van der Waals surface area contributed by atoms with Crippen LogP contribution < -0.4 is 10.2 Å². The van der Waals surface area contributed by atoms with Gasteiger partial charge in [0.05, 0.1) is 12.6 Å². The van der Waals surface area contributed by atoms with Crippen LogP contribution in [0.3, 0.4) is 0 Å². The van der Waals surface area contributed by atoms with Crippen LogP contribution in [0.2, 0.25) is 0 Å². The van der Waals surface area contributed by atoms with E-state index in [2.05, 4.69) is 55.3 Å². The van der Waals surface area contributed by atoms with Crippen molar-refractivity contribution in [1.29, 1.82) is 0 Å². The average molecular weight is 276 g/mol. The number of benzene rings is 1. The molecule has 3 nitrogen and oxygen atoms in total. The molecule has 0 radical (unpaired) electrons. The van der Waals surface area contributed by atoms with E-state index in [1.165, 1.54) is 24.1 Å². The molecule has 1 aliphatic heterocycles. The zero-order chi connectivity index (χ0) is 14.6. The van der Waals surface area contributed by atoms with E-state index in [-0.39, 0.29) is 12.1 Å². The predicted octanol–water partition coefficient (Wildman–Crippen LogP) is 2.93. The van der Waals surface area contributed by atoms with Gasteiger partial charge in [0.25, 0.3) is 0 Å². The molecule has 0 bridgehead atoms. The minimum absolute atomic E-state index is 0.146. The Balaban J connectivity index is 2.00. The van der Waals surface area contributed by atoms with E-state index in [1.54, 1.807) is 0 Å². The lowest BCUT2D eigenvalue weighted by Gasteiger charge is -2.36. The van der Waals surface area contributed by atoms with Gasteiger partial charge in [-0.3, -0.25) is 0 Å². The molecule has 112 valence electrons. The Labute approximate surface area is 123 Å². The van der Waals surface area contributed by atoms with E-state index >= 15 is 0 Å². The van der Waals surface area contributed by atoms with Crippen LogP contribution in [0.1, 0.15) is 45.6 Å². The van der Waals surface area contributed by atoms with Crippen LogP contribution in [-0.4, -0.2) is 29.8 Å². The number of rotatable bonds is 4. The molecular weight excluding hydrogens is 248 g/mol. The van der Waals surface area contributed by atoms with Crippen molar-refractivity contribution >= 4 is 5.69 Å². The fraction of sp³-hybridized carbons (Fsp3) is 0.647. The van der Waals surface area contributed by atoms with Gasteiger partial charge in [0.1, 0.15) is 0 Å². The van der Waals surface area contributed by atoms with Crippen molar-refractivity contribution in [2.45, 2.75) is 58.2 Å². The molecule has 0 aromatic heterocycles.